The molecule has 5 nitrogen and oxygen atoms in total. The van der Waals surface area contributed by atoms with E-state index in [0.29, 0.717) is 0 Å². The topological polar surface area (TPSA) is 110 Å². The molecule has 0 amide bonds. The molecule has 0 aliphatic carbocycles. The second kappa shape index (κ2) is 3.55. The molecule has 76 valence electrons. The first kappa shape index (κ1) is 10.3. The maximum absolute atomic E-state index is 11.4. The Morgan fingerprint density at radius 3 is 2.50 bits per heavy atom. The number of ketones is 1. The first-order valence-electron chi connectivity index (χ1n) is 4.05. The molecule has 1 atom stereocenters. The van der Waals surface area contributed by atoms with E-state index in [1.807, 2.05) is 0 Å². The second-order valence-electron chi connectivity index (χ2n) is 3.05. The van der Waals surface area contributed by atoms with E-state index < -0.39 is 11.8 Å². The van der Waals surface area contributed by atoms with E-state index in [0.717, 1.165) is 0 Å². The van der Waals surface area contributed by atoms with Crippen LogP contribution in [-0.4, -0.2) is 22.0 Å². The van der Waals surface area contributed by atoms with Crippen LogP contribution in [0.25, 0.3) is 0 Å². The van der Waals surface area contributed by atoms with Gasteiger partial charge in [-0.3, -0.25) is 4.79 Å². The highest BCUT2D eigenvalue weighted by Gasteiger charge is 2.17. The van der Waals surface area contributed by atoms with Gasteiger partial charge in [0, 0.05) is 5.56 Å². The summed E-state index contributed by atoms with van der Waals surface area (Å²) in [4.78, 5) is 11.4. The normalized spacial score (nSPS) is 12.4. The number of benzene rings is 1. The number of phenols is 2. The Hall–Kier alpha value is -1.75. The molecule has 0 aliphatic heterocycles. The van der Waals surface area contributed by atoms with Gasteiger partial charge in [-0.25, -0.2) is 0 Å². The SMILES string of the molecule is C[C@H](N)C(=O)c1ccc(O)c(O)c1N. The molecule has 0 aromatic heterocycles. The summed E-state index contributed by atoms with van der Waals surface area (Å²) >= 11 is 0. The molecule has 5 heteroatoms. The zero-order valence-electron chi connectivity index (χ0n) is 7.69. The first-order valence-corrected chi connectivity index (χ1v) is 4.05. The van der Waals surface area contributed by atoms with Crippen LogP contribution in [0.2, 0.25) is 0 Å². The summed E-state index contributed by atoms with van der Waals surface area (Å²) in [5.74, 6) is -1.22. The molecule has 0 bridgehead atoms. The number of hydrogen-bond acceptors (Lipinski definition) is 5. The van der Waals surface area contributed by atoms with Gasteiger partial charge in [0.2, 0.25) is 0 Å². The molecule has 0 spiro atoms. The number of carbonyl (C=O) groups excluding carboxylic acids is 1. The lowest BCUT2D eigenvalue weighted by Gasteiger charge is -2.09. The molecule has 0 aliphatic rings. The second-order valence-corrected chi connectivity index (χ2v) is 3.05. The van der Waals surface area contributed by atoms with Gasteiger partial charge >= 0.3 is 0 Å². The van der Waals surface area contributed by atoms with Crippen molar-refractivity contribution in [3.05, 3.63) is 17.7 Å². The molecular formula is C9H12N2O3. The average molecular weight is 196 g/mol. The maximum Gasteiger partial charge on any atom is 0.181 e. The molecule has 1 aromatic carbocycles. The number of hydrogen-bond donors (Lipinski definition) is 4. The van der Waals surface area contributed by atoms with Crippen LogP contribution in [0.3, 0.4) is 0 Å². The van der Waals surface area contributed by atoms with Gasteiger partial charge in [-0.05, 0) is 19.1 Å². The molecule has 0 fully saturated rings. The lowest BCUT2D eigenvalue weighted by molar-refractivity contribution is 0.0968. The predicted molar refractivity (Wildman–Crippen MR) is 52.2 cm³/mol. The van der Waals surface area contributed by atoms with Crippen molar-refractivity contribution in [2.45, 2.75) is 13.0 Å². The lowest BCUT2D eigenvalue weighted by atomic mass is 10.0. The van der Waals surface area contributed by atoms with Crippen molar-refractivity contribution in [3.63, 3.8) is 0 Å². The fraction of sp³-hybridized carbons (Fsp3) is 0.222. The number of nitrogen functional groups attached to an aromatic ring is 1. The molecule has 14 heavy (non-hydrogen) atoms. The van der Waals surface area contributed by atoms with Gasteiger partial charge in [-0.2, -0.15) is 0 Å². The largest absolute Gasteiger partial charge is 0.504 e. The van der Waals surface area contributed by atoms with Crippen LogP contribution in [0.15, 0.2) is 12.1 Å². The van der Waals surface area contributed by atoms with Gasteiger partial charge in [0.15, 0.2) is 17.3 Å². The number of phenolic OH excluding ortho intramolecular Hbond substituents is 2. The van der Waals surface area contributed by atoms with Crippen molar-refractivity contribution in [1.82, 2.24) is 0 Å². The lowest BCUT2D eigenvalue weighted by Crippen LogP contribution is -2.27. The summed E-state index contributed by atoms with van der Waals surface area (Å²) in [6.45, 7) is 1.52. The van der Waals surface area contributed by atoms with E-state index in [2.05, 4.69) is 0 Å². The number of carbonyl (C=O) groups is 1. The summed E-state index contributed by atoms with van der Waals surface area (Å²) in [5, 5.41) is 18.3. The zero-order chi connectivity index (χ0) is 10.9. The summed E-state index contributed by atoms with van der Waals surface area (Å²) in [6.07, 6.45) is 0. The molecule has 0 heterocycles. The third-order valence-corrected chi connectivity index (χ3v) is 1.87. The van der Waals surface area contributed by atoms with Crippen LogP contribution in [-0.2, 0) is 0 Å². The Bertz CT molecular complexity index is 375. The molecule has 0 unspecified atom stereocenters. The number of nitrogens with two attached hydrogens (primary N) is 2. The van der Waals surface area contributed by atoms with E-state index >= 15 is 0 Å². The van der Waals surface area contributed by atoms with Crippen LogP contribution in [0.5, 0.6) is 11.5 Å². The number of Topliss-reactive ketones (excluding diaryl/α,β-unsaturated/α-hetero) is 1. The number of rotatable bonds is 2. The van der Waals surface area contributed by atoms with Crippen molar-refractivity contribution >= 4 is 11.5 Å². The van der Waals surface area contributed by atoms with Gasteiger partial charge in [0.25, 0.3) is 0 Å². The van der Waals surface area contributed by atoms with Crippen LogP contribution < -0.4 is 11.5 Å². The smallest absolute Gasteiger partial charge is 0.181 e. The third-order valence-electron chi connectivity index (χ3n) is 1.87. The van der Waals surface area contributed by atoms with Gasteiger partial charge in [0.05, 0.1) is 11.7 Å². The molecule has 1 aromatic rings. The van der Waals surface area contributed by atoms with Crippen LogP contribution in [0.4, 0.5) is 5.69 Å². The average Bonchev–Trinajstić information content (AvgIpc) is 2.13. The monoisotopic (exact) mass is 196 g/mol. The zero-order valence-corrected chi connectivity index (χ0v) is 7.69. The first-order chi connectivity index (χ1) is 6.45. The molecule has 0 saturated heterocycles. The minimum absolute atomic E-state index is 0.121. The summed E-state index contributed by atoms with van der Waals surface area (Å²) in [6, 6.07) is 1.83. The molecule has 0 saturated carbocycles. The summed E-state index contributed by atoms with van der Waals surface area (Å²) < 4.78 is 0. The van der Waals surface area contributed by atoms with Gasteiger partial charge in [-0.15, -0.1) is 0 Å². The van der Waals surface area contributed by atoms with Crippen LogP contribution in [0, 0.1) is 0 Å². The van der Waals surface area contributed by atoms with Gasteiger partial charge in [-0.1, -0.05) is 0 Å². The Morgan fingerprint density at radius 1 is 1.43 bits per heavy atom. The minimum Gasteiger partial charge on any atom is -0.504 e. The van der Waals surface area contributed by atoms with Crippen LogP contribution >= 0.6 is 0 Å². The third kappa shape index (κ3) is 1.62. The van der Waals surface area contributed by atoms with E-state index in [9.17, 15) is 9.90 Å². The Labute approximate surface area is 81.0 Å². The van der Waals surface area contributed by atoms with Crippen molar-refractivity contribution in [1.29, 1.82) is 0 Å². The number of anilines is 1. The minimum atomic E-state index is -0.693. The molecule has 0 radical (unpaired) electrons. The highest BCUT2D eigenvalue weighted by atomic mass is 16.3. The van der Waals surface area contributed by atoms with Gasteiger partial charge < -0.3 is 21.7 Å². The van der Waals surface area contributed by atoms with Crippen molar-refractivity contribution in [3.8, 4) is 11.5 Å². The fourth-order valence-corrected chi connectivity index (χ4v) is 1.06. The maximum atomic E-state index is 11.4. The molecular weight excluding hydrogens is 184 g/mol. The van der Waals surface area contributed by atoms with Crippen LogP contribution in [0.1, 0.15) is 17.3 Å². The van der Waals surface area contributed by atoms with E-state index in [1.165, 1.54) is 19.1 Å². The van der Waals surface area contributed by atoms with E-state index in [4.69, 9.17) is 16.6 Å². The standard InChI is InChI=1S/C9H12N2O3/c1-4(10)8(13)5-2-3-6(12)9(14)7(5)11/h2-4,12,14H,10-11H2,1H3/t4-/m0/s1. The van der Waals surface area contributed by atoms with E-state index in [1.54, 1.807) is 0 Å². The van der Waals surface area contributed by atoms with Gasteiger partial charge in [0.1, 0.15) is 0 Å². The number of aromatic hydroxyl groups is 2. The predicted octanol–water partition coefficient (Wildman–Crippen LogP) is 0.210. The van der Waals surface area contributed by atoms with E-state index in [-0.39, 0.29) is 22.8 Å². The summed E-state index contributed by atoms with van der Waals surface area (Å²) in [5.41, 5.74) is 10.8. The summed E-state index contributed by atoms with van der Waals surface area (Å²) in [7, 11) is 0. The Balaban J connectivity index is 3.24. The Morgan fingerprint density at radius 2 is 2.00 bits per heavy atom. The quantitative estimate of drug-likeness (QED) is 0.307. The Kier molecular flexibility index (Phi) is 2.62. The van der Waals surface area contributed by atoms with Crippen molar-refractivity contribution in [2.24, 2.45) is 5.73 Å². The van der Waals surface area contributed by atoms with Crippen molar-refractivity contribution in [2.75, 3.05) is 5.73 Å². The molecule has 6 N–H and O–H groups in total. The highest BCUT2D eigenvalue weighted by molar-refractivity contribution is 6.05. The highest BCUT2D eigenvalue weighted by Crippen LogP contribution is 2.33. The van der Waals surface area contributed by atoms with Crippen molar-refractivity contribution < 1.29 is 15.0 Å². The fourth-order valence-electron chi connectivity index (χ4n) is 1.06. The molecule has 1 rings (SSSR count).